The van der Waals surface area contributed by atoms with E-state index in [1.807, 2.05) is 0 Å². The van der Waals surface area contributed by atoms with Gasteiger partial charge in [0.15, 0.2) is 0 Å². The molecule has 0 N–H and O–H groups in total. The van der Waals surface area contributed by atoms with Crippen LogP contribution in [0.4, 0.5) is 5.69 Å². The Morgan fingerprint density at radius 3 is 2.05 bits per heavy atom. The van der Waals surface area contributed by atoms with Crippen molar-refractivity contribution in [3.63, 3.8) is 0 Å². The molecule has 1 heterocycles. The fraction of sp³-hybridized carbons (Fsp3) is 0.667. The molecular formula is C15H25N3O2Si. The van der Waals surface area contributed by atoms with Crippen molar-refractivity contribution in [3.05, 3.63) is 22.0 Å². The minimum atomic E-state index is -1.89. The van der Waals surface area contributed by atoms with Gasteiger partial charge in [-0.05, 0) is 22.5 Å². The van der Waals surface area contributed by atoms with Gasteiger partial charge < -0.3 is 0 Å². The van der Waals surface area contributed by atoms with Gasteiger partial charge in [-0.25, -0.2) is 0 Å². The smallest absolute Gasteiger partial charge is 0.267 e. The van der Waals surface area contributed by atoms with Gasteiger partial charge in [0.05, 0.1) is 4.92 Å². The van der Waals surface area contributed by atoms with Crippen LogP contribution in [0.15, 0.2) is 6.20 Å². The Hall–Kier alpha value is -1.61. The zero-order valence-electron chi connectivity index (χ0n) is 14.0. The number of aromatic nitrogens is 2. The molecule has 0 atom stereocenters. The number of rotatable bonds is 4. The first-order chi connectivity index (χ1) is 9.62. The quantitative estimate of drug-likeness (QED) is 0.367. The maximum absolute atomic E-state index is 11.1. The summed E-state index contributed by atoms with van der Waals surface area (Å²) in [6.45, 7) is 13.3. The van der Waals surface area contributed by atoms with E-state index in [4.69, 9.17) is 0 Å². The van der Waals surface area contributed by atoms with E-state index >= 15 is 0 Å². The van der Waals surface area contributed by atoms with Gasteiger partial charge in [0.1, 0.15) is 14.3 Å². The van der Waals surface area contributed by atoms with Crippen LogP contribution in [0.25, 0.3) is 0 Å². The minimum Gasteiger partial charge on any atom is -0.267 e. The first-order valence-corrected chi connectivity index (χ1v) is 9.57. The molecule has 0 saturated heterocycles. The summed E-state index contributed by atoms with van der Waals surface area (Å²) in [5.41, 5.74) is 5.21. The van der Waals surface area contributed by atoms with Gasteiger partial charge in [0.2, 0.25) is 5.69 Å². The molecule has 0 aromatic carbocycles. The largest absolute Gasteiger partial charge is 0.322 e. The van der Waals surface area contributed by atoms with Crippen LogP contribution < -0.4 is 0 Å². The average molecular weight is 307 g/mol. The van der Waals surface area contributed by atoms with Gasteiger partial charge in [-0.3, -0.25) is 14.8 Å². The second-order valence-corrected chi connectivity index (χ2v) is 12.0. The van der Waals surface area contributed by atoms with Crippen LogP contribution in [0.1, 0.15) is 47.2 Å². The van der Waals surface area contributed by atoms with Gasteiger partial charge in [0, 0.05) is 7.05 Å². The predicted octanol–water partition coefficient (Wildman–Crippen LogP) is 3.90. The van der Waals surface area contributed by atoms with Crippen molar-refractivity contribution in [2.24, 2.45) is 7.05 Å². The maximum Gasteiger partial charge on any atom is 0.322 e. The molecule has 1 aromatic heterocycles. The first-order valence-electron chi connectivity index (χ1n) is 7.34. The summed E-state index contributed by atoms with van der Waals surface area (Å²) in [6, 6.07) is 0. The SMILES string of the molecule is CC(C)[Si](C#Cc1nn(C)cc1[N+](=O)[O-])(C(C)C)C(C)C. The third kappa shape index (κ3) is 3.35. The van der Waals surface area contributed by atoms with Crippen molar-refractivity contribution in [3.8, 4) is 11.5 Å². The summed E-state index contributed by atoms with van der Waals surface area (Å²) in [6.07, 6.45) is 1.41. The lowest BCUT2D eigenvalue weighted by atomic mass is 10.4. The molecule has 0 aliphatic carbocycles. The molecule has 1 rings (SSSR count). The minimum absolute atomic E-state index is 0.0100. The molecule has 116 valence electrons. The highest BCUT2D eigenvalue weighted by molar-refractivity contribution is 6.90. The summed E-state index contributed by atoms with van der Waals surface area (Å²) in [4.78, 5) is 10.6. The second kappa shape index (κ2) is 6.44. The normalized spacial score (nSPS) is 11.9. The average Bonchev–Trinajstić information content (AvgIpc) is 2.70. The van der Waals surface area contributed by atoms with Gasteiger partial charge in [-0.2, -0.15) is 5.10 Å². The van der Waals surface area contributed by atoms with Crippen molar-refractivity contribution >= 4 is 13.8 Å². The van der Waals surface area contributed by atoms with Crippen molar-refractivity contribution < 1.29 is 4.92 Å². The maximum atomic E-state index is 11.1. The van der Waals surface area contributed by atoms with Crippen LogP contribution in [-0.2, 0) is 7.05 Å². The Labute approximate surface area is 127 Å². The third-order valence-electron chi connectivity index (χ3n) is 4.27. The van der Waals surface area contributed by atoms with Crippen LogP contribution in [0, 0.1) is 21.6 Å². The molecule has 0 spiro atoms. The Morgan fingerprint density at radius 2 is 1.67 bits per heavy atom. The monoisotopic (exact) mass is 307 g/mol. The molecule has 0 unspecified atom stereocenters. The molecule has 0 amide bonds. The van der Waals surface area contributed by atoms with Crippen molar-refractivity contribution in [1.82, 2.24) is 9.78 Å². The molecule has 0 radical (unpaired) electrons. The zero-order chi connectivity index (χ0) is 16.4. The van der Waals surface area contributed by atoms with E-state index in [0.29, 0.717) is 16.6 Å². The van der Waals surface area contributed by atoms with Crippen molar-refractivity contribution in [2.45, 2.75) is 58.2 Å². The van der Waals surface area contributed by atoms with E-state index in [1.54, 1.807) is 7.05 Å². The fourth-order valence-electron chi connectivity index (χ4n) is 3.30. The van der Waals surface area contributed by atoms with Gasteiger partial charge >= 0.3 is 5.69 Å². The molecule has 0 saturated carbocycles. The molecule has 1 aromatic rings. The number of nitro groups is 1. The number of aryl methyl sites for hydroxylation is 1. The lowest BCUT2D eigenvalue weighted by molar-refractivity contribution is -0.385. The first kappa shape index (κ1) is 17.4. The van der Waals surface area contributed by atoms with Crippen LogP contribution in [0.5, 0.6) is 0 Å². The van der Waals surface area contributed by atoms with Gasteiger partial charge in [-0.15, -0.1) is 5.54 Å². The molecular weight excluding hydrogens is 282 g/mol. The Balaban J connectivity index is 3.39. The van der Waals surface area contributed by atoms with Crippen LogP contribution in [0.2, 0.25) is 16.6 Å². The van der Waals surface area contributed by atoms with Crippen LogP contribution in [0.3, 0.4) is 0 Å². The highest BCUT2D eigenvalue weighted by Gasteiger charge is 2.41. The predicted molar refractivity (Wildman–Crippen MR) is 87.8 cm³/mol. The summed E-state index contributed by atoms with van der Waals surface area (Å²) in [5.74, 6) is 3.04. The summed E-state index contributed by atoms with van der Waals surface area (Å²) >= 11 is 0. The summed E-state index contributed by atoms with van der Waals surface area (Å²) < 4.78 is 1.45. The third-order valence-corrected chi connectivity index (χ3v) is 10.6. The highest BCUT2D eigenvalue weighted by Crippen LogP contribution is 2.40. The highest BCUT2D eigenvalue weighted by atomic mass is 28.3. The van der Waals surface area contributed by atoms with E-state index in [2.05, 4.69) is 58.1 Å². The Kier molecular flexibility index (Phi) is 5.34. The molecule has 0 aliphatic heterocycles. The topological polar surface area (TPSA) is 61.0 Å². The van der Waals surface area contributed by atoms with E-state index in [-0.39, 0.29) is 11.4 Å². The lowest BCUT2D eigenvalue weighted by Gasteiger charge is -2.37. The van der Waals surface area contributed by atoms with E-state index < -0.39 is 13.0 Å². The lowest BCUT2D eigenvalue weighted by Crippen LogP contribution is -2.43. The van der Waals surface area contributed by atoms with Gasteiger partial charge in [0.25, 0.3) is 0 Å². The zero-order valence-corrected chi connectivity index (χ0v) is 15.0. The van der Waals surface area contributed by atoms with Crippen LogP contribution in [-0.4, -0.2) is 22.8 Å². The molecule has 5 nitrogen and oxygen atoms in total. The fourth-order valence-corrected chi connectivity index (χ4v) is 8.50. The molecule has 21 heavy (non-hydrogen) atoms. The second-order valence-electron chi connectivity index (χ2n) is 6.44. The van der Waals surface area contributed by atoms with E-state index in [0.717, 1.165) is 0 Å². The Bertz CT molecular complexity index is 558. The summed E-state index contributed by atoms with van der Waals surface area (Å²) in [5, 5.41) is 15.2. The van der Waals surface area contributed by atoms with Crippen molar-refractivity contribution in [2.75, 3.05) is 0 Å². The van der Waals surface area contributed by atoms with E-state index in [9.17, 15) is 10.1 Å². The molecule has 0 bridgehead atoms. The summed E-state index contributed by atoms with van der Waals surface area (Å²) in [7, 11) is -0.215. The number of nitrogens with zero attached hydrogens (tertiary/aromatic N) is 3. The van der Waals surface area contributed by atoms with Gasteiger partial charge in [-0.1, -0.05) is 41.5 Å². The van der Waals surface area contributed by atoms with E-state index in [1.165, 1.54) is 10.9 Å². The molecule has 6 heteroatoms. The molecule has 0 fully saturated rings. The van der Waals surface area contributed by atoms with Crippen molar-refractivity contribution in [1.29, 1.82) is 0 Å². The number of hydrogen-bond acceptors (Lipinski definition) is 3. The number of hydrogen-bond donors (Lipinski definition) is 0. The Morgan fingerprint density at radius 1 is 1.19 bits per heavy atom. The standard InChI is InChI=1S/C15H25N3O2Si/c1-11(2)21(12(3)4,13(5)6)9-8-14-15(18(19)20)10-17(7)16-14/h10-13H,1-7H3. The van der Waals surface area contributed by atoms with Crippen LogP contribution >= 0.6 is 0 Å². The molecule has 0 aliphatic rings.